The van der Waals surface area contributed by atoms with E-state index in [9.17, 15) is 14.0 Å². The SMILES string of the molecule is O=C(Nc1ccc(Cl)cc1F)NC(C(=O)O)C1CC1. The van der Waals surface area contributed by atoms with E-state index in [0.717, 1.165) is 18.9 Å². The standard InChI is InChI=1S/C12H12ClFN2O3/c13-7-3-4-9(8(14)5-7)15-12(19)16-10(11(17)18)6-1-2-6/h3-6,10H,1-2H2,(H,17,18)(H2,15,16,19). The summed E-state index contributed by atoms with van der Waals surface area (Å²) in [5.74, 6) is -1.81. The van der Waals surface area contributed by atoms with Crippen LogP contribution in [0.2, 0.25) is 5.02 Å². The van der Waals surface area contributed by atoms with Crippen molar-refractivity contribution in [1.82, 2.24) is 5.32 Å². The van der Waals surface area contributed by atoms with Gasteiger partial charge in [0.05, 0.1) is 5.69 Å². The van der Waals surface area contributed by atoms with Crippen molar-refractivity contribution in [2.24, 2.45) is 5.92 Å². The molecule has 0 aliphatic heterocycles. The molecule has 1 atom stereocenters. The van der Waals surface area contributed by atoms with E-state index >= 15 is 0 Å². The predicted molar refractivity (Wildman–Crippen MR) is 67.7 cm³/mol. The van der Waals surface area contributed by atoms with E-state index in [-0.39, 0.29) is 16.6 Å². The van der Waals surface area contributed by atoms with Gasteiger partial charge in [-0.2, -0.15) is 0 Å². The number of aliphatic carboxylic acids is 1. The van der Waals surface area contributed by atoms with Crippen molar-refractivity contribution >= 4 is 29.3 Å². The molecular weight excluding hydrogens is 275 g/mol. The number of halogens is 2. The van der Waals surface area contributed by atoms with Gasteiger partial charge in [-0.15, -0.1) is 0 Å². The Bertz CT molecular complexity index is 520. The van der Waals surface area contributed by atoms with Crippen LogP contribution in [0.5, 0.6) is 0 Å². The van der Waals surface area contributed by atoms with Crippen molar-refractivity contribution < 1.29 is 19.1 Å². The average Bonchev–Trinajstić information content (AvgIpc) is 3.13. The first kappa shape index (κ1) is 13.6. The van der Waals surface area contributed by atoms with Crippen LogP contribution in [-0.2, 0) is 4.79 Å². The highest BCUT2D eigenvalue weighted by molar-refractivity contribution is 6.30. The van der Waals surface area contributed by atoms with Gasteiger partial charge in [-0.05, 0) is 37.0 Å². The van der Waals surface area contributed by atoms with Gasteiger partial charge < -0.3 is 15.7 Å². The van der Waals surface area contributed by atoms with Crippen LogP contribution < -0.4 is 10.6 Å². The molecule has 102 valence electrons. The Morgan fingerprint density at radius 2 is 2.11 bits per heavy atom. The molecule has 0 aromatic heterocycles. The lowest BCUT2D eigenvalue weighted by Gasteiger charge is -2.14. The first-order chi connectivity index (χ1) is 8.97. The van der Waals surface area contributed by atoms with Gasteiger partial charge in [0, 0.05) is 5.02 Å². The number of amides is 2. The normalized spacial score (nSPS) is 15.7. The zero-order valence-electron chi connectivity index (χ0n) is 9.82. The summed E-state index contributed by atoms with van der Waals surface area (Å²) in [5, 5.41) is 13.7. The summed E-state index contributed by atoms with van der Waals surface area (Å²) >= 11 is 5.58. The molecule has 0 spiro atoms. The topological polar surface area (TPSA) is 78.4 Å². The van der Waals surface area contributed by atoms with E-state index in [1.165, 1.54) is 12.1 Å². The number of hydrogen-bond acceptors (Lipinski definition) is 2. The summed E-state index contributed by atoms with van der Waals surface area (Å²) in [5.41, 5.74) is -0.0539. The van der Waals surface area contributed by atoms with Crippen LogP contribution in [0.15, 0.2) is 18.2 Å². The maximum atomic E-state index is 13.4. The molecular formula is C12H12ClFN2O3. The van der Waals surface area contributed by atoms with Crippen LogP contribution in [0.3, 0.4) is 0 Å². The Labute approximate surface area is 113 Å². The third-order valence-corrected chi connectivity index (χ3v) is 3.06. The van der Waals surface area contributed by atoms with Crippen molar-refractivity contribution in [1.29, 1.82) is 0 Å². The van der Waals surface area contributed by atoms with Crippen molar-refractivity contribution in [2.75, 3.05) is 5.32 Å². The molecule has 19 heavy (non-hydrogen) atoms. The fraction of sp³-hybridized carbons (Fsp3) is 0.333. The second-order valence-electron chi connectivity index (χ2n) is 4.38. The maximum Gasteiger partial charge on any atom is 0.326 e. The number of hydrogen-bond donors (Lipinski definition) is 3. The lowest BCUT2D eigenvalue weighted by atomic mass is 10.2. The summed E-state index contributed by atoms with van der Waals surface area (Å²) < 4.78 is 13.4. The van der Waals surface area contributed by atoms with E-state index in [4.69, 9.17) is 16.7 Å². The van der Waals surface area contributed by atoms with Crippen LogP contribution in [0.1, 0.15) is 12.8 Å². The van der Waals surface area contributed by atoms with Gasteiger partial charge in [0.2, 0.25) is 0 Å². The number of carbonyl (C=O) groups is 2. The van der Waals surface area contributed by atoms with Gasteiger partial charge in [-0.3, -0.25) is 0 Å². The molecule has 1 unspecified atom stereocenters. The quantitative estimate of drug-likeness (QED) is 0.795. The predicted octanol–water partition coefficient (Wildman–Crippen LogP) is 2.46. The number of benzene rings is 1. The molecule has 1 fully saturated rings. The molecule has 2 rings (SSSR count). The van der Waals surface area contributed by atoms with E-state index < -0.39 is 23.9 Å². The Morgan fingerprint density at radius 3 is 2.63 bits per heavy atom. The van der Waals surface area contributed by atoms with Crippen LogP contribution in [0.4, 0.5) is 14.9 Å². The highest BCUT2D eigenvalue weighted by Gasteiger charge is 2.37. The lowest BCUT2D eigenvalue weighted by Crippen LogP contribution is -2.44. The van der Waals surface area contributed by atoms with Crippen molar-refractivity contribution in [3.63, 3.8) is 0 Å². The van der Waals surface area contributed by atoms with E-state index in [1.807, 2.05) is 0 Å². The molecule has 3 N–H and O–H groups in total. The Kier molecular flexibility index (Phi) is 3.90. The minimum Gasteiger partial charge on any atom is -0.480 e. The van der Waals surface area contributed by atoms with Crippen LogP contribution in [0, 0.1) is 11.7 Å². The summed E-state index contributed by atoms with van der Waals surface area (Å²) in [6.07, 6.45) is 1.54. The molecule has 0 heterocycles. The summed E-state index contributed by atoms with van der Waals surface area (Å²) in [4.78, 5) is 22.6. The van der Waals surface area contributed by atoms with Crippen molar-refractivity contribution in [3.8, 4) is 0 Å². The van der Waals surface area contributed by atoms with Crippen molar-refractivity contribution in [2.45, 2.75) is 18.9 Å². The molecule has 7 heteroatoms. The fourth-order valence-electron chi connectivity index (χ4n) is 1.70. The zero-order chi connectivity index (χ0) is 14.0. The van der Waals surface area contributed by atoms with Gasteiger partial charge >= 0.3 is 12.0 Å². The maximum absolute atomic E-state index is 13.4. The number of rotatable bonds is 4. The molecule has 2 amide bonds. The Hall–Kier alpha value is -1.82. The van der Waals surface area contributed by atoms with Gasteiger partial charge in [0.15, 0.2) is 0 Å². The average molecular weight is 287 g/mol. The second-order valence-corrected chi connectivity index (χ2v) is 4.81. The molecule has 1 aromatic rings. The summed E-state index contributed by atoms with van der Waals surface area (Å²) in [6.45, 7) is 0. The van der Waals surface area contributed by atoms with E-state index in [0.29, 0.717) is 0 Å². The molecule has 1 saturated carbocycles. The molecule has 0 radical (unpaired) electrons. The van der Waals surface area contributed by atoms with Crippen LogP contribution in [0.25, 0.3) is 0 Å². The first-order valence-corrected chi connectivity index (χ1v) is 6.10. The summed E-state index contributed by atoms with van der Waals surface area (Å²) in [7, 11) is 0. The highest BCUT2D eigenvalue weighted by Crippen LogP contribution is 2.32. The first-order valence-electron chi connectivity index (χ1n) is 5.73. The van der Waals surface area contributed by atoms with Crippen LogP contribution in [-0.4, -0.2) is 23.1 Å². The fourth-order valence-corrected chi connectivity index (χ4v) is 1.86. The lowest BCUT2D eigenvalue weighted by molar-refractivity contribution is -0.139. The number of nitrogens with one attached hydrogen (secondary N) is 2. The monoisotopic (exact) mass is 286 g/mol. The molecule has 1 aromatic carbocycles. The summed E-state index contributed by atoms with van der Waals surface area (Å²) in [6, 6.07) is 2.11. The Balaban J connectivity index is 1.98. The smallest absolute Gasteiger partial charge is 0.326 e. The Morgan fingerprint density at radius 1 is 1.42 bits per heavy atom. The second kappa shape index (κ2) is 5.44. The van der Waals surface area contributed by atoms with Gasteiger partial charge in [-0.1, -0.05) is 11.6 Å². The largest absolute Gasteiger partial charge is 0.480 e. The number of carboxylic acid groups (broad SMARTS) is 1. The van der Waals surface area contributed by atoms with Gasteiger partial charge in [0.25, 0.3) is 0 Å². The molecule has 5 nitrogen and oxygen atoms in total. The minimum atomic E-state index is -1.09. The van der Waals surface area contributed by atoms with Gasteiger partial charge in [-0.25, -0.2) is 14.0 Å². The molecule has 1 aliphatic rings. The molecule has 0 saturated heterocycles. The number of urea groups is 1. The third kappa shape index (κ3) is 3.57. The van der Waals surface area contributed by atoms with E-state index in [1.54, 1.807) is 0 Å². The molecule has 0 bridgehead atoms. The number of carboxylic acids is 1. The zero-order valence-corrected chi connectivity index (χ0v) is 10.6. The minimum absolute atomic E-state index is 0.0432. The van der Waals surface area contributed by atoms with E-state index in [2.05, 4.69) is 10.6 Å². The third-order valence-electron chi connectivity index (χ3n) is 2.83. The number of carbonyl (C=O) groups excluding carboxylic acids is 1. The van der Waals surface area contributed by atoms with Crippen molar-refractivity contribution in [3.05, 3.63) is 29.0 Å². The van der Waals surface area contributed by atoms with Crippen LogP contribution >= 0.6 is 11.6 Å². The number of anilines is 1. The molecule has 1 aliphatic carbocycles. The van der Waals surface area contributed by atoms with Gasteiger partial charge in [0.1, 0.15) is 11.9 Å². The highest BCUT2D eigenvalue weighted by atomic mass is 35.5.